The molecule has 0 aliphatic heterocycles. The third kappa shape index (κ3) is 3.51. The summed E-state index contributed by atoms with van der Waals surface area (Å²) >= 11 is 4.66. The van der Waals surface area contributed by atoms with Crippen LogP contribution in [0.3, 0.4) is 0 Å². The third-order valence-corrected chi connectivity index (χ3v) is 5.45. The van der Waals surface area contributed by atoms with Crippen molar-refractivity contribution in [2.24, 2.45) is 0 Å². The van der Waals surface area contributed by atoms with Crippen LogP contribution >= 0.6 is 15.9 Å². The van der Waals surface area contributed by atoms with Gasteiger partial charge in [-0.3, -0.25) is 0 Å². The quantitative estimate of drug-likeness (QED) is 0.541. The Morgan fingerprint density at radius 3 is 2.42 bits per heavy atom. The van der Waals surface area contributed by atoms with E-state index in [4.69, 9.17) is 4.74 Å². The van der Waals surface area contributed by atoms with E-state index in [1.54, 1.807) is 30.9 Å². The first-order valence-electron chi connectivity index (χ1n) is 8.17. The van der Waals surface area contributed by atoms with Crippen LogP contribution in [0.2, 0.25) is 0 Å². The maximum atomic E-state index is 15.4. The molecule has 1 saturated carbocycles. The van der Waals surface area contributed by atoms with Crippen molar-refractivity contribution in [3.63, 3.8) is 0 Å². The van der Waals surface area contributed by atoms with Gasteiger partial charge in [0.2, 0.25) is 0 Å². The summed E-state index contributed by atoms with van der Waals surface area (Å²) in [7, 11) is 0. The normalized spacial score (nSPS) is 14.1. The van der Waals surface area contributed by atoms with E-state index in [1.165, 1.54) is 16.9 Å². The van der Waals surface area contributed by atoms with Crippen molar-refractivity contribution in [1.82, 2.24) is 19.9 Å². The number of halogens is 2. The number of nitrogens with zero attached hydrogens (tertiary/aromatic N) is 4. The fraction of sp³-hybridized carbons (Fsp3) is 0.222. The van der Waals surface area contributed by atoms with Crippen LogP contribution in [-0.4, -0.2) is 36.8 Å². The molecule has 132 valence electrons. The van der Waals surface area contributed by atoms with Gasteiger partial charge in [0.1, 0.15) is 0 Å². The summed E-state index contributed by atoms with van der Waals surface area (Å²) in [4.78, 5) is 16.7. The van der Waals surface area contributed by atoms with Crippen LogP contribution in [0.25, 0.3) is 11.3 Å². The number of rotatable bonds is 4. The van der Waals surface area contributed by atoms with Crippen molar-refractivity contribution in [2.45, 2.75) is 25.2 Å². The molecule has 1 unspecified atom stereocenters. The van der Waals surface area contributed by atoms with Crippen LogP contribution in [0.15, 0.2) is 41.4 Å². The van der Waals surface area contributed by atoms with E-state index in [0.717, 1.165) is 33.8 Å². The Hall–Kier alpha value is -1.85. The van der Waals surface area contributed by atoms with Crippen LogP contribution in [-0.2, 0) is 0 Å². The fourth-order valence-electron chi connectivity index (χ4n) is 2.83. The summed E-state index contributed by atoms with van der Waals surface area (Å²) in [5.74, 6) is 0.0292. The molecule has 1 aromatic carbocycles. The number of ether oxygens (including phenoxy) is 1. The predicted octanol–water partition coefficient (Wildman–Crippen LogP) is 3.15. The summed E-state index contributed by atoms with van der Waals surface area (Å²) in [6, 6.07) is 3.78. The standard InChI is InChI=1S/C18H15AsBrFN4O/c19-15-9-22-14(8-23-15)13-5-4-12(10-2-1-3-10)17(16(13)21)26-18-24-6-11(20)7-25-18/h4-10H,1-3,19H2. The predicted molar refractivity (Wildman–Crippen MR) is 102 cm³/mol. The van der Waals surface area contributed by atoms with Gasteiger partial charge in [-0.05, 0) is 15.9 Å². The van der Waals surface area contributed by atoms with E-state index >= 15 is 4.39 Å². The van der Waals surface area contributed by atoms with Crippen LogP contribution < -0.4 is 9.22 Å². The molecule has 8 heteroatoms. The van der Waals surface area contributed by atoms with E-state index in [9.17, 15) is 0 Å². The molecule has 0 saturated heterocycles. The van der Waals surface area contributed by atoms with Gasteiger partial charge >= 0.3 is 151 Å². The van der Waals surface area contributed by atoms with Gasteiger partial charge in [-0.15, -0.1) is 0 Å². The third-order valence-electron chi connectivity index (χ3n) is 4.41. The molecule has 2 aromatic heterocycles. The molecule has 0 bridgehead atoms. The van der Waals surface area contributed by atoms with E-state index in [0.29, 0.717) is 17.2 Å². The van der Waals surface area contributed by atoms with Gasteiger partial charge in [-0.2, -0.15) is 0 Å². The van der Waals surface area contributed by atoms with Gasteiger partial charge < -0.3 is 0 Å². The SMILES string of the molecule is Fc1c(-c2cnc([AsH2])cn2)ccc(C2CCC2)c1Oc1ncc(Br)cn1. The van der Waals surface area contributed by atoms with Crippen molar-refractivity contribution < 1.29 is 9.13 Å². The average Bonchev–Trinajstić information content (AvgIpc) is 2.59. The van der Waals surface area contributed by atoms with Gasteiger partial charge in [-0.1, -0.05) is 0 Å². The zero-order valence-corrected chi connectivity index (χ0v) is 17.7. The summed E-state index contributed by atoms with van der Waals surface area (Å²) in [5, 5.41) is 0. The molecule has 0 amide bonds. The molecule has 3 aromatic rings. The Morgan fingerprint density at radius 1 is 1.04 bits per heavy atom. The first-order valence-corrected chi connectivity index (χ1v) is 10.2. The number of benzene rings is 1. The summed E-state index contributed by atoms with van der Waals surface area (Å²) in [5.41, 5.74) is 1.69. The molecule has 1 fully saturated rings. The molecule has 26 heavy (non-hydrogen) atoms. The second kappa shape index (κ2) is 7.41. The Morgan fingerprint density at radius 2 is 1.81 bits per heavy atom. The number of hydrogen-bond donors (Lipinski definition) is 0. The van der Waals surface area contributed by atoms with Crippen molar-refractivity contribution in [3.05, 3.63) is 52.8 Å². The molecular weight excluding hydrogens is 462 g/mol. The topological polar surface area (TPSA) is 60.8 Å². The monoisotopic (exact) mass is 476 g/mol. The molecule has 0 spiro atoms. The fourth-order valence-corrected chi connectivity index (χ4v) is 3.35. The zero-order chi connectivity index (χ0) is 18.1. The summed E-state index contributed by atoms with van der Waals surface area (Å²) in [6.45, 7) is 0. The number of aromatic nitrogens is 4. The molecule has 0 N–H and O–H groups in total. The maximum absolute atomic E-state index is 15.4. The van der Waals surface area contributed by atoms with Crippen molar-refractivity contribution >= 4 is 37.3 Å². The first kappa shape index (κ1) is 17.6. The summed E-state index contributed by atoms with van der Waals surface area (Å²) < 4.78 is 22.7. The summed E-state index contributed by atoms with van der Waals surface area (Å²) in [6.07, 6.45) is 9.57. The van der Waals surface area contributed by atoms with Crippen molar-refractivity contribution in [3.8, 4) is 23.0 Å². The van der Waals surface area contributed by atoms with E-state index in [-0.39, 0.29) is 11.8 Å². The molecule has 5 nitrogen and oxygen atoms in total. The van der Waals surface area contributed by atoms with Crippen LogP contribution in [0.1, 0.15) is 30.7 Å². The van der Waals surface area contributed by atoms with Crippen molar-refractivity contribution in [1.29, 1.82) is 0 Å². The van der Waals surface area contributed by atoms with E-state index < -0.39 is 5.82 Å². The molecular formula is C18H15AsBrFN4O. The van der Waals surface area contributed by atoms with E-state index in [1.807, 2.05) is 6.07 Å². The van der Waals surface area contributed by atoms with Crippen LogP contribution in [0.4, 0.5) is 4.39 Å². The minimum atomic E-state index is -0.454. The molecule has 4 rings (SSSR count). The number of hydrogen-bond acceptors (Lipinski definition) is 5. The average molecular weight is 477 g/mol. The molecule has 1 aliphatic rings. The minimum absolute atomic E-state index is 0.113. The molecule has 2 heterocycles. The second-order valence-electron chi connectivity index (χ2n) is 6.09. The molecule has 1 aliphatic carbocycles. The van der Waals surface area contributed by atoms with Gasteiger partial charge in [0, 0.05) is 0 Å². The Kier molecular flexibility index (Phi) is 5.00. The Bertz CT molecular complexity index is 933. The van der Waals surface area contributed by atoms with Gasteiger partial charge in [-0.25, -0.2) is 0 Å². The Labute approximate surface area is 167 Å². The Balaban J connectivity index is 1.78. The van der Waals surface area contributed by atoms with Crippen molar-refractivity contribution in [2.75, 3.05) is 0 Å². The zero-order valence-electron chi connectivity index (χ0n) is 13.7. The molecule has 0 radical (unpaired) electrons. The van der Waals surface area contributed by atoms with E-state index in [2.05, 4.69) is 35.9 Å². The molecule has 1 atom stereocenters. The van der Waals surface area contributed by atoms with Gasteiger partial charge in [0.25, 0.3) is 0 Å². The first-order chi connectivity index (χ1) is 12.6. The van der Waals surface area contributed by atoms with Gasteiger partial charge in [0.15, 0.2) is 0 Å². The van der Waals surface area contributed by atoms with Crippen LogP contribution in [0.5, 0.6) is 11.8 Å². The van der Waals surface area contributed by atoms with Crippen LogP contribution in [0, 0.1) is 5.82 Å². The van der Waals surface area contributed by atoms with Gasteiger partial charge in [0.05, 0.1) is 0 Å². The second-order valence-corrected chi connectivity index (χ2v) is 8.24.